The van der Waals surface area contributed by atoms with E-state index in [2.05, 4.69) is 32.5 Å². The molecule has 1 saturated heterocycles. The molecule has 1 unspecified atom stereocenters. The summed E-state index contributed by atoms with van der Waals surface area (Å²) in [4.78, 5) is 15.0. The lowest BCUT2D eigenvalue weighted by atomic mass is 10.1. The number of carbonyl (C=O) groups excluding carboxylic acids is 1. The average Bonchev–Trinajstić information content (AvgIpc) is 3.39. The summed E-state index contributed by atoms with van der Waals surface area (Å²) < 4.78 is 13.4. The molecule has 1 fully saturated rings. The number of furan rings is 1. The van der Waals surface area contributed by atoms with Crippen molar-refractivity contribution in [2.24, 2.45) is 0 Å². The molecule has 0 saturated carbocycles. The molecule has 4 rings (SSSR count). The van der Waals surface area contributed by atoms with Gasteiger partial charge in [0.1, 0.15) is 17.3 Å². The molecule has 8 nitrogen and oxygen atoms in total. The first-order valence-corrected chi connectivity index (χ1v) is 11.8. The van der Waals surface area contributed by atoms with Gasteiger partial charge in [0.25, 0.3) is 0 Å². The molecule has 9 heteroatoms. The molecular formula is C23H29N5O3S. The van der Waals surface area contributed by atoms with E-state index in [0.29, 0.717) is 26.3 Å². The summed E-state index contributed by atoms with van der Waals surface area (Å²) >= 11 is 1.40. The summed E-state index contributed by atoms with van der Waals surface area (Å²) in [5.41, 5.74) is 1.17. The van der Waals surface area contributed by atoms with Crippen molar-refractivity contribution in [1.29, 1.82) is 0 Å². The predicted molar refractivity (Wildman–Crippen MR) is 123 cm³/mol. The number of aryl methyl sites for hydroxylation is 2. The number of hydrogen-bond acceptors (Lipinski definition) is 7. The number of hydrogen-bond donors (Lipinski definition) is 1. The maximum absolute atomic E-state index is 12.7. The van der Waals surface area contributed by atoms with Gasteiger partial charge in [-0.15, -0.1) is 10.2 Å². The monoisotopic (exact) mass is 455 g/mol. The van der Waals surface area contributed by atoms with E-state index in [1.807, 2.05) is 48.7 Å². The van der Waals surface area contributed by atoms with Crippen LogP contribution >= 0.6 is 11.8 Å². The van der Waals surface area contributed by atoms with Crippen molar-refractivity contribution in [3.63, 3.8) is 0 Å². The summed E-state index contributed by atoms with van der Waals surface area (Å²) in [6, 6.07) is 14.1. The molecule has 1 N–H and O–H groups in total. The number of benzene rings is 1. The Morgan fingerprint density at radius 3 is 2.62 bits per heavy atom. The van der Waals surface area contributed by atoms with Gasteiger partial charge in [-0.25, -0.2) is 0 Å². The predicted octanol–water partition coefficient (Wildman–Crippen LogP) is 2.82. The van der Waals surface area contributed by atoms with Gasteiger partial charge in [-0.05, 0) is 31.5 Å². The first kappa shape index (κ1) is 22.6. The Hall–Kier alpha value is -2.62. The van der Waals surface area contributed by atoms with Crippen molar-refractivity contribution in [3.8, 4) is 0 Å². The van der Waals surface area contributed by atoms with E-state index < -0.39 is 0 Å². The van der Waals surface area contributed by atoms with Crippen LogP contribution in [0.25, 0.3) is 0 Å². The number of carbonyl (C=O) groups is 1. The molecule has 1 aromatic carbocycles. The van der Waals surface area contributed by atoms with E-state index in [0.717, 1.165) is 35.6 Å². The Morgan fingerprint density at radius 2 is 1.91 bits per heavy atom. The third-order valence-corrected chi connectivity index (χ3v) is 6.45. The van der Waals surface area contributed by atoms with Crippen molar-refractivity contribution in [2.75, 3.05) is 38.6 Å². The molecule has 0 bridgehead atoms. The molecule has 3 heterocycles. The second kappa shape index (κ2) is 10.8. The summed E-state index contributed by atoms with van der Waals surface area (Å²) in [5.74, 6) is 2.81. The van der Waals surface area contributed by atoms with E-state index in [1.165, 1.54) is 17.3 Å². The number of nitrogens with zero attached hydrogens (tertiary/aromatic N) is 4. The summed E-state index contributed by atoms with van der Waals surface area (Å²) in [6.45, 7) is 8.05. The SMILES string of the molecule is Cc1ccc(C(CNC(=O)CSc2nnc(C)n2Cc2ccccc2)N2CCOCC2)o1. The third kappa shape index (κ3) is 5.79. The van der Waals surface area contributed by atoms with Crippen molar-refractivity contribution in [3.05, 3.63) is 65.4 Å². The lowest BCUT2D eigenvalue weighted by Crippen LogP contribution is -2.44. The van der Waals surface area contributed by atoms with Crippen LogP contribution in [0.2, 0.25) is 0 Å². The summed E-state index contributed by atoms with van der Waals surface area (Å²) in [7, 11) is 0. The second-order valence-electron chi connectivity index (χ2n) is 7.81. The van der Waals surface area contributed by atoms with E-state index in [9.17, 15) is 4.79 Å². The minimum atomic E-state index is -0.0385. The van der Waals surface area contributed by atoms with Crippen molar-refractivity contribution >= 4 is 17.7 Å². The summed E-state index contributed by atoms with van der Waals surface area (Å²) in [5, 5.41) is 12.3. The molecule has 2 aromatic heterocycles. The Balaban J connectivity index is 1.34. The number of nitrogens with one attached hydrogen (secondary N) is 1. The Labute approximate surface area is 192 Å². The third-order valence-electron chi connectivity index (χ3n) is 5.49. The van der Waals surface area contributed by atoms with Crippen LogP contribution in [0.5, 0.6) is 0 Å². The van der Waals surface area contributed by atoms with Gasteiger partial charge in [-0.2, -0.15) is 0 Å². The van der Waals surface area contributed by atoms with Crippen LogP contribution in [0.3, 0.4) is 0 Å². The van der Waals surface area contributed by atoms with Gasteiger partial charge in [-0.3, -0.25) is 9.69 Å². The summed E-state index contributed by atoms with van der Waals surface area (Å²) in [6.07, 6.45) is 0. The molecule has 1 aliphatic heterocycles. The minimum Gasteiger partial charge on any atom is -0.465 e. The molecule has 0 spiro atoms. The van der Waals surface area contributed by atoms with Crippen LogP contribution in [0, 0.1) is 13.8 Å². The van der Waals surface area contributed by atoms with Crippen LogP contribution in [-0.4, -0.2) is 64.2 Å². The Morgan fingerprint density at radius 1 is 1.12 bits per heavy atom. The highest BCUT2D eigenvalue weighted by Crippen LogP contribution is 2.24. The standard InChI is InChI=1S/C23H29N5O3S/c1-17-8-9-21(31-17)20(27-10-12-30-13-11-27)14-24-22(29)16-32-23-26-25-18(2)28(23)15-19-6-4-3-5-7-19/h3-9,20H,10-16H2,1-2H3,(H,24,29). The van der Waals surface area contributed by atoms with Gasteiger partial charge >= 0.3 is 0 Å². The van der Waals surface area contributed by atoms with Crippen LogP contribution < -0.4 is 5.32 Å². The van der Waals surface area contributed by atoms with Crippen LogP contribution in [0.15, 0.2) is 52.0 Å². The lowest BCUT2D eigenvalue weighted by molar-refractivity contribution is -0.118. The Bertz CT molecular complexity index is 1010. The van der Waals surface area contributed by atoms with E-state index in [-0.39, 0.29) is 17.7 Å². The van der Waals surface area contributed by atoms with E-state index >= 15 is 0 Å². The van der Waals surface area contributed by atoms with Gasteiger partial charge in [0.15, 0.2) is 5.16 Å². The number of rotatable bonds is 9. The molecule has 0 aliphatic carbocycles. The smallest absolute Gasteiger partial charge is 0.230 e. The molecule has 3 aromatic rings. The quantitative estimate of drug-likeness (QED) is 0.497. The fraction of sp³-hybridized carbons (Fsp3) is 0.435. The van der Waals surface area contributed by atoms with E-state index in [4.69, 9.17) is 9.15 Å². The first-order chi connectivity index (χ1) is 15.6. The van der Waals surface area contributed by atoms with Crippen molar-refractivity contribution < 1.29 is 13.9 Å². The number of aromatic nitrogens is 3. The molecule has 1 aliphatic rings. The number of thioether (sulfide) groups is 1. The topological polar surface area (TPSA) is 85.4 Å². The second-order valence-corrected chi connectivity index (χ2v) is 8.75. The maximum Gasteiger partial charge on any atom is 0.230 e. The lowest BCUT2D eigenvalue weighted by Gasteiger charge is -2.33. The first-order valence-electron chi connectivity index (χ1n) is 10.8. The Kier molecular flexibility index (Phi) is 7.62. The van der Waals surface area contributed by atoms with Crippen molar-refractivity contribution in [2.45, 2.75) is 31.6 Å². The highest BCUT2D eigenvalue weighted by Gasteiger charge is 2.25. The molecule has 1 amide bonds. The zero-order valence-corrected chi connectivity index (χ0v) is 19.3. The van der Waals surface area contributed by atoms with Gasteiger partial charge in [-0.1, -0.05) is 42.1 Å². The van der Waals surface area contributed by atoms with Crippen LogP contribution in [-0.2, 0) is 16.1 Å². The van der Waals surface area contributed by atoms with Gasteiger partial charge in [0.05, 0.1) is 31.6 Å². The molecular weight excluding hydrogens is 426 g/mol. The highest BCUT2D eigenvalue weighted by molar-refractivity contribution is 7.99. The molecule has 32 heavy (non-hydrogen) atoms. The zero-order chi connectivity index (χ0) is 22.3. The number of ether oxygens (including phenoxy) is 1. The fourth-order valence-corrected chi connectivity index (χ4v) is 4.55. The van der Waals surface area contributed by atoms with Gasteiger partial charge < -0.3 is 19.0 Å². The fourth-order valence-electron chi connectivity index (χ4n) is 3.74. The minimum absolute atomic E-state index is 0.00877. The van der Waals surface area contributed by atoms with E-state index in [1.54, 1.807) is 0 Å². The van der Waals surface area contributed by atoms with Gasteiger partial charge in [0.2, 0.25) is 5.91 Å². The highest BCUT2D eigenvalue weighted by atomic mass is 32.2. The van der Waals surface area contributed by atoms with Crippen molar-refractivity contribution in [1.82, 2.24) is 25.0 Å². The zero-order valence-electron chi connectivity index (χ0n) is 18.5. The molecule has 1 atom stereocenters. The van der Waals surface area contributed by atoms with Crippen LogP contribution in [0.1, 0.15) is 29.0 Å². The molecule has 170 valence electrons. The maximum atomic E-state index is 12.7. The number of amides is 1. The molecule has 0 radical (unpaired) electrons. The number of morpholine rings is 1. The normalized spacial score (nSPS) is 15.6. The van der Waals surface area contributed by atoms with Gasteiger partial charge in [0, 0.05) is 19.6 Å². The average molecular weight is 456 g/mol. The largest absolute Gasteiger partial charge is 0.465 e. The van der Waals surface area contributed by atoms with Crippen LogP contribution in [0.4, 0.5) is 0 Å².